The molecule has 0 N–H and O–H groups in total. The van der Waals surface area contributed by atoms with Crippen LogP contribution in [0.25, 0.3) is 17.5 Å². The molecule has 0 spiro atoms. The summed E-state index contributed by atoms with van der Waals surface area (Å²) >= 11 is 0. The molecule has 31 heavy (non-hydrogen) atoms. The standard InChI is InChI=1S/C24H26N4O3/c1-18-5-3-4-6-19(18)9-12-23(29)28-15-13-27(14-16-28)17-22-25-24(26-31-22)20-7-10-21(30-2)11-8-20/h3-12H,13-17H2,1-2H3. The van der Waals surface area contributed by atoms with E-state index >= 15 is 0 Å². The Kier molecular flexibility index (Phi) is 6.43. The molecule has 1 aliphatic heterocycles. The Hall–Kier alpha value is -3.45. The van der Waals surface area contributed by atoms with Gasteiger partial charge in [0, 0.05) is 37.8 Å². The van der Waals surface area contributed by atoms with Gasteiger partial charge in [-0.3, -0.25) is 9.69 Å². The van der Waals surface area contributed by atoms with Gasteiger partial charge in [-0.1, -0.05) is 29.4 Å². The molecule has 2 heterocycles. The van der Waals surface area contributed by atoms with Gasteiger partial charge in [-0.25, -0.2) is 0 Å². The van der Waals surface area contributed by atoms with Crippen LogP contribution in [0.3, 0.4) is 0 Å². The third kappa shape index (κ3) is 5.19. The van der Waals surface area contributed by atoms with Crippen LogP contribution >= 0.6 is 0 Å². The maximum atomic E-state index is 12.5. The maximum Gasteiger partial charge on any atom is 0.246 e. The number of hydrogen-bond acceptors (Lipinski definition) is 6. The summed E-state index contributed by atoms with van der Waals surface area (Å²) in [4.78, 5) is 21.1. The van der Waals surface area contributed by atoms with Gasteiger partial charge in [0.1, 0.15) is 5.75 Å². The third-order valence-corrected chi connectivity index (χ3v) is 5.45. The van der Waals surface area contributed by atoms with Gasteiger partial charge in [0.25, 0.3) is 0 Å². The molecule has 7 heteroatoms. The van der Waals surface area contributed by atoms with E-state index in [9.17, 15) is 4.79 Å². The Bertz CT molecular complexity index is 1050. The topological polar surface area (TPSA) is 71.7 Å². The van der Waals surface area contributed by atoms with Crippen LogP contribution in [0.1, 0.15) is 17.0 Å². The van der Waals surface area contributed by atoms with E-state index in [-0.39, 0.29) is 5.91 Å². The lowest BCUT2D eigenvalue weighted by Crippen LogP contribution is -2.47. The van der Waals surface area contributed by atoms with Crippen molar-refractivity contribution in [2.75, 3.05) is 33.3 Å². The summed E-state index contributed by atoms with van der Waals surface area (Å²) in [6, 6.07) is 15.6. The number of hydrogen-bond donors (Lipinski definition) is 0. The molecule has 160 valence electrons. The molecule has 1 aliphatic rings. The van der Waals surface area contributed by atoms with Crippen molar-refractivity contribution in [3.05, 3.63) is 71.6 Å². The quantitative estimate of drug-likeness (QED) is 0.572. The van der Waals surface area contributed by atoms with Crippen LogP contribution < -0.4 is 4.74 Å². The fraction of sp³-hybridized carbons (Fsp3) is 0.292. The van der Waals surface area contributed by atoms with Crippen molar-refractivity contribution in [1.29, 1.82) is 0 Å². The van der Waals surface area contributed by atoms with Gasteiger partial charge < -0.3 is 14.2 Å². The fourth-order valence-corrected chi connectivity index (χ4v) is 3.53. The summed E-state index contributed by atoms with van der Waals surface area (Å²) in [5.74, 6) is 1.97. The van der Waals surface area contributed by atoms with Gasteiger partial charge in [-0.2, -0.15) is 4.98 Å². The van der Waals surface area contributed by atoms with Crippen LogP contribution in [0, 0.1) is 6.92 Å². The number of methoxy groups -OCH3 is 1. The Morgan fingerprint density at radius 1 is 1.10 bits per heavy atom. The highest BCUT2D eigenvalue weighted by Gasteiger charge is 2.21. The molecule has 0 aliphatic carbocycles. The summed E-state index contributed by atoms with van der Waals surface area (Å²) in [7, 11) is 1.63. The predicted molar refractivity (Wildman–Crippen MR) is 118 cm³/mol. The molecule has 0 unspecified atom stereocenters. The first kappa shape index (κ1) is 20.8. The summed E-state index contributed by atoms with van der Waals surface area (Å²) in [5.41, 5.74) is 3.11. The number of piperazine rings is 1. The molecule has 1 saturated heterocycles. The summed E-state index contributed by atoms with van der Waals surface area (Å²) in [6.07, 6.45) is 3.56. The highest BCUT2D eigenvalue weighted by atomic mass is 16.5. The summed E-state index contributed by atoms with van der Waals surface area (Å²) in [6.45, 7) is 5.51. The summed E-state index contributed by atoms with van der Waals surface area (Å²) < 4.78 is 10.6. The van der Waals surface area contributed by atoms with Crippen molar-refractivity contribution in [1.82, 2.24) is 19.9 Å². The normalized spacial score (nSPS) is 14.8. The van der Waals surface area contributed by atoms with E-state index in [0.29, 0.717) is 31.3 Å². The zero-order valence-corrected chi connectivity index (χ0v) is 17.8. The van der Waals surface area contributed by atoms with Gasteiger partial charge in [0.2, 0.25) is 17.6 Å². The minimum atomic E-state index is 0.0440. The SMILES string of the molecule is COc1ccc(-c2noc(CN3CCN(C(=O)C=Cc4ccccc4C)CC3)n2)cc1. The van der Waals surface area contributed by atoms with E-state index in [1.54, 1.807) is 13.2 Å². The zero-order chi connectivity index (χ0) is 21.6. The molecule has 0 atom stereocenters. The van der Waals surface area contributed by atoms with Crippen LogP contribution in [0.4, 0.5) is 0 Å². The number of ether oxygens (including phenoxy) is 1. The van der Waals surface area contributed by atoms with Crippen LogP contribution in [-0.2, 0) is 11.3 Å². The van der Waals surface area contributed by atoms with Crippen molar-refractivity contribution in [3.63, 3.8) is 0 Å². The van der Waals surface area contributed by atoms with Crippen molar-refractivity contribution >= 4 is 12.0 Å². The monoisotopic (exact) mass is 418 g/mol. The molecule has 0 bridgehead atoms. The van der Waals surface area contributed by atoms with E-state index in [1.807, 2.05) is 66.4 Å². The second-order valence-corrected chi connectivity index (χ2v) is 7.53. The highest BCUT2D eigenvalue weighted by molar-refractivity contribution is 5.92. The highest BCUT2D eigenvalue weighted by Crippen LogP contribution is 2.20. The number of benzene rings is 2. The molecule has 1 amide bonds. The van der Waals surface area contributed by atoms with Crippen molar-refractivity contribution < 1.29 is 14.1 Å². The molecule has 1 fully saturated rings. The third-order valence-electron chi connectivity index (χ3n) is 5.45. The number of carbonyl (C=O) groups is 1. The van der Waals surface area contributed by atoms with Crippen molar-refractivity contribution in [2.24, 2.45) is 0 Å². The number of carbonyl (C=O) groups excluding carboxylic acids is 1. The van der Waals surface area contributed by atoms with E-state index in [1.165, 1.54) is 0 Å². The van der Waals surface area contributed by atoms with Gasteiger partial charge in [0.05, 0.1) is 13.7 Å². The maximum absolute atomic E-state index is 12.5. The lowest BCUT2D eigenvalue weighted by Gasteiger charge is -2.33. The molecule has 3 aromatic rings. The second-order valence-electron chi connectivity index (χ2n) is 7.53. The molecule has 0 saturated carbocycles. The predicted octanol–water partition coefficient (Wildman–Crippen LogP) is 3.41. The van der Waals surface area contributed by atoms with Crippen molar-refractivity contribution in [3.8, 4) is 17.1 Å². The molecular formula is C24H26N4O3. The first-order valence-corrected chi connectivity index (χ1v) is 10.3. The van der Waals surface area contributed by atoms with Crippen LogP contribution in [0.2, 0.25) is 0 Å². The van der Waals surface area contributed by atoms with Gasteiger partial charge in [0.15, 0.2) is 0 Å². The minimum Gasteiger partial charge on any atom is -0.497 e. The largest absolute Gasteiger partial charge is 0.497 e. The fourth-order valence-electron chi connectivity index (χ4n) is 3.53. The molecule has 2 aromatic carbocycles. The Balaban J connectivity index is 1.29. The average Bonchev–Trinajstić information content (AvgIpc) is 3.27. The van der Waals surface area contributed by atoms with E-state index < -0.39 is 0 Å². The Morgan fingerprint density at radius 3 is 2.55 bits per heavy atom. The molecule has 0 radical (unpaired) electrons. The number of rotatable bonds is 6. The van der Waals surface area contributed by atoms with E-state index in [2.05, 4.69) is 15.0 Å². The molecular weight excluding hydrogens is 392 g/mol. The van der Waals surface area contributed by atoms with Crippen molar-refractivity contribution in [2.45, 2.75) is 13.5 Å². The average molecular weight is 418 g/mol. The molecule has 7 nitrogen and oxygen atoms in total. The number of aryl methyl sites for hydroxylation is 1. The van der Waals surface area contributed by atoms with Crippen LogP contribution in [0.15, 0.2) is 59.1 Å². The van der Waals surface area contributed by atoms with Gasteiger partial charge in [-0.15, -0.1) is 0 Å². The Morgan fingerprint density at radius 2 is 1.84 bits per heavy atom. The summed E-state index contributed by atoms with van der Waals surface area (Å²) in [5, 5.41) is 4.08. The van der Waals surface area contributed by atoms with E-state index in [0.717, 1.165) is 35.5 Å². The zero-order valence-electron chi connectivity index (χ0n) is 17.8. The number of amides is 1. The Labute approximate surface area is 181 Å². The number of nitrogens with zero attached hydrogens (tertiary/aromatic N) is 4. The lowest BCUT2D eigenvalue weighted by atomic mass is 10.1. The first-order chi connectivity index (χ1) is 15.1. The van der Waals surface area contributed by atoms with Crippen LogP contribution in [0.5, 0.6) is 5.75 Å². The van der Waals surface area contributed by atoms with Gasteiger partial charge >= 0.3 is 0 Å². The van der Waals surface area contributed by atoms with Crippen LogP contribution in [-0.4, -0.2) is 59.1 Å². The lowest BCUT2D eigenvalue weighted by molar-refractivity contribution is -0.127. The molecule has 1 aromatic heterocycles. The second kappa shape index (κ2) is 9.57. The first-order valence-electron chi connectivity index (χ1n) is 10.3. The smallest absolute Gasteiger partial charge is 0.246 e. The minimum absolute atomic E-state index is 0.0440. The molecule has 4 rings (SSSR count). The van der Waals surface area contributed by atoms with Gasteiger partial charge in [-0.05, 0) is 48.4 Å². The number of aromatic nitrogens is 2. The van der Waals surface area contributed by atoms with E-state index in [4.69, 9.17) is 9.26 Å².